The van der Waals surface area contributed by atoms with E-state index in [9.17, 15) is 13.2 Å². The molecule has 1 atom stereocenters. The Morgan fingerprint density at radius 3 is 2.59 bits per heavy atom. The Kier molecular flexibility index (Phi) is 5.57. The molecule has 0 aliphatic carbocycles. The molecule has 0 bridgehead atoms. The maximum absolute atomic E-state index is 12.9. The maximum Gasteiger partial charge on any atom is 0.272 e. The summed E-state index contributed by atoms with van der Waals surface area (Å²) in [5, 5.41) is 2.78. The summed E-state index contributed by atoms with van der Waals surface area (Å²) in [6, 6.07) is 8.38. The van der Waals surface area contributed by atoms with E-state index in [1.54, 1.807) is 43.0 Å². The van der Waals surface area contributed by atoms with E-state index in [-0.39, 0.29) is 16.5 Å². The lowest BCUT2D eigenvalue weighted by Crippen LogP contribution is -2.38. The Morgan fingerprint density at radius 1 is 1.26 bits per heavy atom. The van der Waals surface area contributed by atoms with Gasteiger partial charge in [0.15, 0.2) is 0 Å². The summed E-state index contributed by atoms with van der Waals surface area (Å²) in [5.74, 6) is 0.669. The van der Waals surface area contributed by atoms with Gasteiger partial charge in [0, 0.05) is 32.0 Å². The largest absolute Gasteiger partial charge is 0.497 e. The number of benzene rings is 1. The number of methoxy groups -OCH3 is 1. The minimum Gasteiger partial charge on any atom is -0.497 e. The number of nitrogens with one attached hydrogen (secondary N) is 1. The van der Waals surface area contributed by atoms with Crippen LogP contribution in [0.1, 0.15) is 30.3 Å². The highest BCUT2D eigenvalue weighted by Crippen LogP contribution is 2.25. The Balaban J connectivity index is 1.79. The van der Waals surface area contributed by atoms with Crippen molar-refractivity contribution in [2.75, 3.05) is 25.5 Å². The van der Waals surface area contributed by atoms with Gasteiger partial charge in [0.25, 0.3) is 5.91 Å². The van der Waals surface area contributed by atoms with E-state index in [1.165, 1.54) is 16.6 Å². The van der Waals surface area contributed by atoms with Gasteiger partial charge in [0.2, 0.25) is 10.0 Å². The van der Waals surface area contributed by atoms with E-state index < -0.39 is 10.0 Å². The van der Waals surface area contributed by atoms with Crippen LogP contribution >= 0.6 is 0 Å². The van der Waals surface area contributed by atoms with Crippen LogP contribution in [0.15, 0.2) is 41.4 Å². The predicted molar refractivity (Wildman–Crippen MR) is 104 cm³/mol. The minimum atomic E-state index is -3.60. The lowest BCUT2D eigenvalue weighted by Gasteiger charge is -2.29. The van der Waals surface area contributed by atoms with E-state index in [4.69, 9.17) is 4.74 Å². The fraction of sp³-hybridized carbons (Fsp3) is 0.421. The third-order valence-corrected chi connectivity index (χ3v) is 6.65. The van der Waals surface area contributed by atoms with Crippen LogP contribution in [0.5, 0.6) is 5.75 Å². The number of hydrogen-bond donors (Lipinski definition) is 1. The molecule has 2 heterocycles. The molecule has 2 aromatic rings. The van der Waals surface area contributed by atoms with Gasteiger partial charge in [0.1, 0.15) is 16.3 Å². The number of amides is 1. The Morgan fingerprint density at radius 2 is 1.96 bits per heavy atom. The van der Waals surface area contributed by atoms with Gasteiger partial charge in [-0.25, -0.2) is 8.42 Å². The molecule has 1 aliphatic rings. The Hall–Kier alpha value is -2.32. The van der Waals surface area contributed by atoms with Crippen molar-refractivity contribution in [3.63, 3.8) is 0 Å². The fourth-order valence-corrected chi connectivity index (χ4v) is 4.95. The van der Waals surface area contributed by atoms with Crippen LogP contribution in [-0.4, -0.2) is 43.4 Å². The zero-order chi connectivity index (χ0) is 19.6. The number of nitrogens with zero attached hydrogens (tertiary/aromatic N) is 2. The van der Waals surface area contributed by atoms with Crippen LogP contribution in [0.4, 0.5) is 5.69 Å². The summed E-state index contributed by atoms with van der Waals surface area (Å²) < 4.78 is 34.0. The monoisotopic (exact) mass is 391 g/mol. The highest BCUT2D eigenvalue weighted by atomic mass is 32.2. The number of sulfonamides is 1. The lowest BCUT2D eigenvalue weighted by molar-refractivity contribution is 0.101. The number of rotatable bonds is 5. The topological polar surface area (TPSA) is 80.6 Å². The van der Waals surface area contributed by atoms with Crippen molar-refractivity contribution in [3.05, 3.63) is 42.2 Å². The number of anilines is 1. The molecule has 1 fully saturated rings. The van der Waals surface area contributed by atoms with E-state index in [2.05, 4.69) is 12.2 Å². The van der Waals surface area contributed by atoms with Gasteiger partial charge in [-0.1, -0.05) is 6.92 Å². The van der Waals surface area contributed by atoms with Gasteiger partial charge < -0.3 is 14.6 Å². The van der Waals surface area contributed by atoms with Crippen molar-refractivity contribution in [1.82, 2.24) is 8.87 Å². The van der Waals surface area contributed by atoms with Crippen molar-refractivity contribution in [2.45, 2.75) is 24.7 Å². The van der Waals surface area contributed by atoms with Crippen LogP contribution in [-0.2, 0) is 17.1 Å². The Bertz CT molecular complexity index is 919. The third-order valence-electron chi connectivity index (χ3n) is 4.82. The summed E-state index contributed by atoms with van der Waals surface area (Å²) in [7, 11) is -0.357. The van der Waals surface area contributed by atoms with Gasteiger partial charge in [-0.2, -0.15) is 4.31 Å². The molecule has 146 valence electrons. The quantitative estimate of drug-likeness (QED) is 0.850. The summed E-state index contributed by atoms with van der Waals surface area (Å²) in [5.41, 5.74) is 0.894. The molecule has 1 N–H and O–H groups in total. The fourth-order valence-electron chi connectivity index (χ4n) is 3.28. The first-order chi connectivity index (χ1) is 12.8. The molecule has 1 amide bonds. The normalized spacial score (nSPS) is 18.3. The zero-order valence-electron chi connectivity index (χ0n) is 15.8. The molecule has 0 radical (unpaired) electrons. The van der Waals surface area contributed by atoms with Crippen LogP contribution in [0.2, 0.25) is 0 Å². The molecule has 1 aromatic heterocycles. The van der Waals surface area contributed by atoms with Crippen molar-refractivity contribution in [1.29, 1.82) is 0 Å². The molecule has 7 nitrogen and oxygen atoms in total. The second-order valence-electron chi connectivity index (χ2n) is 6.97. The molecule has 0 saturated carbocycles. The summed E-state index contributed by atoms with van der Waals surface area (Å²) in [4.78, 5) is 12.7. The average molecular weight is 391 g/mol. The molecule has 0 unspecified atom stereocenters. The van der Waals surface area contributed by atoms with Crippen molar-refractivity contribution < 1.29 is 17.9 Å². The first kappa shape index (κ1) is 19.4. The van der Waals surface area contributed by atoms with Gasteiger partial charge >= 0.3 is 0 Å². The molecule has 8 heteroatoms. The van der Waals surface area contributed by atoms with Gasteiger partial charge in [-0.15, -0.1) is 0 Å². The van der Waals surface area contributed by atoms with Crippen molar-refractivity contribution >= 4 is 21.6 Å². The predicted octanol–water partition coefficient (Wildman–Crippen LogP) is 2.71. The highest BCUT2D eigenvalue weighted by molar-refractivity contribution is 7.89. The summed E-state index contributed by atoms with van der Waals surface area (Å²) >= 11 is 0. The Labute approximate surface area is 160 Å². The van der Waals surface area contributed by atoms with E-state index in [0.29, 0.717) is 30.4 Å². The van der Waals surface area contributed by atoms with Crippen LogP contribution in [0, 0.1) is 5.92 Å². The number of hydrogen-bond acceptors (Lipinski definition) is 4. The van der Waals surface area contributed by atoms with Gasteiger partial charge in [-0.05, 0) is 49.1 Å². The standard InChI is InChI=1S/C19H25N3O4S/c1-14-5-4-10-22(12-14)27(24,25)17-11-18(21(2)13-17)19(23)20-15-6-8-16(26-3)9-7-15/h6-9,11,13-14H,4-5,10,12H2,1-3H3,(H,20,23)/t14-/m0/s1. The number of aryl methyl sites for hydroxylation is 1. The molecule has 27 heavy (non-hydrogen) atoms. The number of piperidine rings is 1. The smallest absolute Gasteiger partial charge is 0.272 e. The number of ether oxygens (including phenoxy) is 1. The van der Waals surface area contributed by atoms with Gasteiger partial charge in [0.05, 0.1) is 7.11 Å². The molecule has 1 aliphatic heterocycles. The molecule has 0 spiro atoms. The summed E-state index contributed by atoms with van der Waals surface area (Å²) in [6.45, 7) is 3.10. The highest BCUT2D eigenvalue weighted by Gasteiger charge is 2.30. The van der Waals surface area contributed by atoms with Crippen molar-refractivity contribution in [2.24, 2.45) is 13.0 Å². The minimum absolute atomic E-state index is 0.152. The average Bonchev–Trinajstić information content (AvgIpc) is 3.05. The number of carbonyl (C=O) groups is 1. The second-order valence-corrected chi connectivity index (χ2v) is 8.90. The molecular formula is C19H25N3O4S. The van der Waals surface area contributed by atoms with Crippen LogP contribution < -0.4 is 10.1 Å². The van der Waals surface area contributed by atoms with E-state index in [1.807, 2.05) is 0 Å². The first-order valence-electron chi connectivity index (χ1n) is 8.93. The van der Waals surface area contributed by atoms with Crippen LogP contribution in [0.25, 0.3) is 0 Å². The number of carbonyl (C=O) groups excluding carboxylic acids is 1. The zero-order valence-corrected chi connectivity index (χ0v) is 16.6. The van der Waals surface area contributed by atoms with Gasteiger partial charge in [-0.3, -0.25) is 4.79 Å². The SMILES string of the molecule is COc1ccc(NC(=O)c2cc(S(=O)(=O)N3CCC[C@H](C)C3)cn2C)cc1. The first-order valence-corrected chi connectivity index (χ1v) is 10.4. The number of aromatic nitrogens is 1. The molecular weight excluding hydrogens is 366 g/mol. The third kappa shape index (κ3) is 4.17. The molecule has 1 saturated heterocycles. The van der Waals surface area contributed by atoms with E-state index in [0.717, 1.165) is 12.8 Å². The lowest BCUT2D eigenvalue weighted by atomic mass is 10.0. The van der Waals surface area contributed by atoms with E-state index >= 15 is 0 Å². The van der Waals surface area contributed by atoms with Crippen LogP contribution in [0.3, 0.4) is 0 Å². The van der Waals surface area contributed by atoms with Crippen molar-refractivity contribution in [3.8, 4) is 5.75 Å². The maximum atomic E-state index is 12.9. The molecule has 1 aromatic carbocycles. The second kappa shape index (κ2) is 7.74. The molecule has 3 rings (SSSR count). The summed E-state index contributed by atoms with van der Waals surface area (Å²) in [6.07, 6.45) is 3.39.